The fourth-order valence-electron chi connectivity index (χ4n) is 7.44. The van der Waals surface area contributed by atoms with Gasteiger partial charge in [-0.1, -0.05) is 214 Å². The van der Waals surface area contributed by atoms with Crippen LogP contribution in [0.2, 0.25) is 0 Å². The van der Waals surface area contributed by atoms with E-state index in [9.17, 15) is 9.59 Å². The molecule has 0 amide bonds. The minimum Gasteiger partial charge on any atom is -0.462 e. The Morgan fingerprint density at radius 1 is 0.348 bits per heavy atom. The molecule has 5 heteroatoms. The Hall–Kier alpha value is -3.18. The van der Waals surface area contributed by atoms with Gasteiger partial charge in [-0.05, 0) is 122 Å². The predicted octanol–water partition coefficient (Wildman–Crippen LogP) is 19.0. The molecule has 0 spiro atoms. The smallest absolute Gasteiger partial charge is 0.306 e. The zero-order valence-corrected chi connectivity index (χ0v) is 43.4. The monoisotopic (exact) mass is 917 g/mol. The number of hydrogen-bond acceptors (Lipinski definition) is 5. The second-order valence-electron chi connectivity index (χ2n) is 18.1. The molecule has 0 N–H and O–H groups in total. The van der Waals surface area contributed by atoms with Gasteiger partial charge >= 0.3 is 11.9 Å². The van der Waals surface area contributed by atoms with Gasteiger partial charge in [0.25, 0.3) is 0 Å². The van der Waals surface area contributed by atoms with Crippen LogP contribution >= 0.6 is 0 Å². The minimum atomic E-state index is -0.565. The molecule has 0 saturated heterocycles. The van der Waals surface area contributed by atoms with Crippen molar-refractivity contribution in [3.05, 3.63) is 97.2 Å². The van der Waals surface area contributed by atoms with Gasteiger partial charge in [0.2, 0.25) is 0 Å². The lowest BCUT2D eigenvalue weighted by atomic mass is 10.1. The Balaban J connectivity index is 4.37. The van der Waals surface area contributed by atoms with Crippen LogP contribution in [0.1, 0.15) is 252 Å². The van der Waals surface area contributed by atoms with E-state index in [1.165, 1.54) is 103 Å². The first-order valence-corrected chi connectivity index (χ1v) is 27.8. The highest BCUT2D eigenvalue weighted by Gasteiger charge is 2.17. The molecule has 0 heterocycles. The molecule has 1 unspecified atom stereocenters. The quantitative estimate of drug-likeness (QED) is 0.0346. The first-order valence-electron chi connectivity index (χ1n) is 27.8. The zero-order chi connectivity index (χ0) is 47.7. The van der Waals surface area contributed by atoms with E-state index < -0.39 is 6.10 Å². The van der Waals surface area contributed by atoms with Gasteiger partial charge in [0.1, 0.15) is 6.61 Å². The van der Waals surface area contributed by atoms with Gasteiger partial charge in [-0.25, -0.2) is 0 Å². The maximum atomic E-state index is 12.8. The molecular weight excluding hydrogens is 813 g/mol. The van der Waals surface area contributed by atoms with Crippen LogP contribution in [0.3, 0.4) is 0 Å². The maximum absolute atomic E-state index is 12.8. The Labute approximate surface area is 409 Å². The van der Waals surface area contributed by atoms with Crippen LogP contribution in [0.15, 0.2) is 97.2 Å². The van der Waals surface area contributed by atoms with E-state index in [0.717, 1.165) is 116 Å². The molecule has 0 fully saturated rings. The molecule has 378 valence electrons. The summed E-state index contributed by atoms with van der Waals surface area (Å²) < 4.78 is 17.4. The SMILES string of the molecule is CC/C=C\C/C=C\C/C=C\C/C=C\C/C=C\CCCCCCOCC(COC(=O)CCCCCCC/C=C\C/C=C\CCCCC)OC(=O)CCCCCCC/C=C\CCCCCCCC. The van der Waals surface area contributed by atoms with Crippen molar-refractivity contribution in [2.45, 2.75) is 258 Å². The van der Waals surface area contributed by atoms with E-state index in [1.807, 2.05) is 0 Å². The number of esters is 2. The van der Waals surface area contributed by atoms with E-state index in [4.69, 9.17) is 14.2 Å². The standard InChI is InChI=1S/C61H104O5/c1-4-7-10-13-16-19-22-25-28-29-30-31-32-35-38-41-44-47-50-53-56-64-57-59(66-61(63)55-52-49-46-43-40-37-34-27-24-21-18-15-12-9-6-3)58-65-60(62)54-51-48-45-42-39-36-33-26-23-20-17-14-11-8-5-2/h7,10,16-17,19-20,25-28,30-31,33-35,38,59H,4-6,8-9,11-15,18,21-24,29,32,36-37,39-58H2,1-3H3/b10-7-,19-16-,20-17-,28-25-,31-30-,33-26-,34-27-,38-35-. The average molecular weight is 917 g/mol. The molecule has 0 saturated carbocycles. The molecule has 0 rings (SSSR count). The van der Waals surface area contributed by atoms with Crippen molar-refractivity contribution >= 4 is 11.9 Å². The molecule has 0 aliphatic rings. The van der Waals surface area contributed by atoms with Gasteiger partial charge in [0, 0.05) is 19.4 Å². The first kappa shape index (κ1) is 62.8. The Kier molecular flexibility index (Phi) is 53.4. The molecule has 0 aliphatic carbocycles. The van der Waals surface area contributed by atoms with E-state index in [-0.39, 0.29) is 25.2 Å². The van der Waals surface area contributed by atoms with E-state index in [1.54, 1.807) is 0 Å². The molecular formula is C61H104O5. The molecule has 0 aromatic carbocycles. The average Bonchev–Trinajstić information content (AvgIpc) is 3.32. The first-order chi connectivity index (χ1) is 32.6. The Bertz CT molecular complexity index is 1270. The largest absolute Gasteiger partial charge is 0.462 e. The number of carbonyl (C=O) groups is 2. The molecule has 0 aromatic heterocycles. The third-order valence-electron chi connectivity index (χ3n) is 11.6. The van der Waals surface area contributed by atoms with Crippen molar-refractivity contribution in [1.29, 1.82) is 0 Å². The molecule has 0 aliphatic heterocycles. The van der Waals surface area contributed by atoms with Crippen LogP contribution in [0, 0.1) is 0 Å². The van der Waals surface area contributed by atoms with Crippen LogP contribution in [-0.2, 0) is 23.8 Å². The summed E-state index contributed by atoms with van der Waals surface area (Å²) in [6.45, 7) is 7.61. The van der Waals surface area contributed by atoms with Gasteiger partial charge in [0.05, 0.1) is 6.61 Å². The van der Waals surface area contributed by atoms with Gasteiger partial charge in [-0.15, -0.1) is 0 Å². The number of allylic oxidation sites excluding steroid dienone is 16. The molecule has 0 aromatic rings. The fourth-order valence-corrected chi connectivity index (χ4v) is 7.44. The van der Waals surface area contributed by atoms with E-state index >= 15 is 0 Å². The Morgan fingerprint density at radius 2 is 0.682 bits per heavy atom. The second kappa shape index (κ2) is 56.1. The number of hydrogen-bond donors (Lipinski definition) is 0. The van der Waals surface area contributed by atoms with Crippen molar-refractivity contribution in [1.82, 2.24) is 0 Å². The normalized spacial score (nSPS) is 13.0. The molecule has 0 radical (unpaired) electrons. The van der Waals surface area contributed by atoms with E-state index in [2.05, 4.69) is 118 Å². The van der Waals surface area contributed by atoms with E-state index in [0.29, 0.717) is 19.4 Å². The summed E-state index contributed by atoms with van der Waals surface area (Å²) in [7, 11) is 0. The summed E-state index contributed by atoms with van der Waals surface area (Å²) in [4.78, 5) is 25.5. The Morgan fingerprint density at radius 3 is 1.14 bits per heavy atom. The summed E-state index contributed by atoms with van der Waals surface area (Å²) in [5, 5.41) is 0. The summed E-state index contributed by atoms with van der Waals surface area (Å²) in [5.74, 6) is -0.437. The van der Waals surface area contributed by atoms with Crippen LogP contribution in [-0.4, -0.2) is 37.9 Å². The molecule has 5 nitrogen and oxygen atoms in total. The predicted molar refractivity (Wildman–Crippen MR) is 288 cm³/mol. The van der Waals surface area contributed by atoms with Gasteiger partial charge in [-0.3, -0.25) is 9.59 Å². The van der Waals surface area contributed by atoms with Crippen molar-refractivity contribution < 1.29 is 23.8 Å². The third-order valence-corrected chi connectivity index (χ3v) is 11.6. The minimum absolute atomic E-state index is 0.0600. The molecule has 1 atom stereocenters. The van der Waals surface area contributed by atoms with Crippen molar-refractivity contribution in [3.8, 4) is 0 Å². The summed E-state index contributed by atoms with van der Waals surface area (Å²) in [5.41, 5.74) is 0. The van der Waals surface area contributed by atoms with Gasteiger partial charge in [-0.2, -0.15) is 0 Å². The van der Waals surface area contributed by atoms with Crippen molar-refractivity contribution in [2.75, 3.05) is 19.8 Å². The van der Waals surface area contributed by atoms with Crippen LogP contribution in [0.25, 0.3) is 0 Å². The van der Waals surface area contributed by atoms with Gasteiger partial charge in [0.15, 0.2) is 6.10 Å². The third kappa shape index (κ3) is 53.4. The zero-order valence-electron chi connectivity index (χ0n) is 43.4. The maximum Gasteiger partial charge on any atom is 0.306 e. The number of unbranched alkanes of at least 4 members (excludes halogenated alkanes) is 23. The van der Waals surface area contributed by atoms with Crippen LogP contribution < -0.4 is 0 Å². The van der Waals surface area contributed by atoms with Crippen molar-refractivity contribution in [3.63, 3.8) is 0 Å². The van der Waals surface area contributed by atoms with Crippen molar-refractivity contribution in [2.24, 2.45) is 0 Å². The topological polar surface area (TPSA) is 61.8 Å². The summed E-state index contributed by atoms with van der Waals surface area (Å²) >= 11 is 0. The number of ether oxygens (including phenoxy) is 3. The highest BCUT2D eigenvalue weighted by Crippen LogP contribution is 2.13. The highest BCUT2D eigenvalue weighted by molar-refractivity contribution is 5.70. The summed E-state index contributed by atoms with van der Waals surface area (Å²) in [6.07, 6.45) is 75.6. The molecule has 0 bridgehead atoms. The number of carbonyl (C=O) groups excluding carboxylic acids is 2. The second-order valence-corrected chi connectivity index (χ2v) is 18.1. The lowest BCUT2D eigenvalue weighted by molar-refractivity contribution is -0.163. The van der Waals surface area contributed by atoms with Crippen LogP contribution in [0.4, 0.5) is 0 Å². The lowest BCUT2D eigenvalue weighted by Crippen LogP contribution is -2.30. The van der Waals surface area contributed by atoms with Crippen LogP contribution in [0.5, 0.6) is 0 Å². The van der Waals surface area contributed by atoms with Gasteiger partial charge < -0.3 is 14.2 Å². The molecule has 66 heavy (non-hydrogen) atoms. The fraction of sp³-hybridized carbons (Fsp3) is 0.705. The highest BCUT2D eigenvalue weighted by atomic mass is 16.6. The number of rotatable bonds is 50. The summed E-state index contributed by atoms with van der Waals surface area (Å²) in [6, 6.07) is 0. The lowest BCUT2D eigenvalue weighted by Gasteiger charge is -2.18.